The van der Waals surface area contributed by atoms with Gasteiger partial charge in [-0.15, -0.1) is 0 Å². The second-order valence-corrected chi connectivity index (χ2v) is 6.90. The van der Waals surface area contributed by atoms with Crippen molar-refractivity contribution in [1.29, 1.82) is 0 Å². The van der Waals surface area contributed by atoms with Gasteiger partial charge in [-0.25, -0.2) is 4.39 Å². The van der Waals surface area contributed by atoms with E-state index in [1.807, 2.05) is 6.92 Å². The smallest absolute Gasteiger partial charge is 0.311 e. The van der Waals surface area contributed by atoms with Gasteiger partial charge in [0.2, 0.25) is 5.56 Å². The standard InChI is InChI=1S/C19H21FN2O4/c1-2-6-19(18(25)26)7-3-8-22(11-19)17(24)14-10-16(23)21-15-9-12(20)4-5-13(14)15/h4-5,9-10H,2-3,6-8,11H2,1H3,(H,21,23)(H,25,26). The molecule has 0 saturated carbocycles. The fourth-order valence-corrected chi connectivity index (χ4v) is 3.85. The van der Waals surface area contributed by atoms with Crippen molar-refractivity contribution in [3.05, 3.63) is 46.0 Å². The zero-order chi connectivity index (χ0) is 18.9. The maximum atomic E-state index is 13.4. The SMILES string of the molecule is CCCC1(C(=O)O)CCCN(C(=O)c2cc(=O)[nH]c3cc(F)ccc23)C1. The van der Waals surface area contributed by atoms with Crippen LogP contribution in [0.5, 0.6) is 0 Å². The maximum absolute atomic E-state index is 13.4. The van der Waals surface area contributed by atoms with Crippen molar-refractivity contribution in [2.75, 3.05) is 13.1 Å². The van der Waals surface area contributed by atoms with E-state index in [9.17, 15) is 23.9 Å². The van der Waals surface area contributed by atoms with Gasteiger partial charge < -0.3 is 15.0 Å². The second kappa shape index (κ2) is 6.90. The molecule has 0 bridgehead atoms. The Kier molecular flexibility index (Phi) is 4.80. The Morgan fingerprint density at radius 3 is 2.81 bits per heavy atom. The number of carboxylic acid groups (broad SMARTS) is 1. The van der Waals surface area contributed by atoms with Crippen LogP contribution >= 0.6 is 0 Å². The average Bonchev–Trinajstić information content (AvgIpc) is 2.60. The number of carbonyl (C=O) groups is 2. The van der Waals surface area contributed by atoms with Crippen molar-refractivity contribution in [2.24, 2.45) is 5.41 Å². The number of rotatable bonds is 4. The third-order valence-electron chi connectivity index (χ3n) is 5.08. The van der Waals surface area contributed by atoms with E-state index in [0.29, 0.717) is 37.6 Å². The molecular weight excluding hydrogens is 339 g/mol. The highest BCUT2D eigenvalue weighted by atomic mass is 19.1. The maximum Gasteiger partial charge on any atom is 0.311 e. The number of hydrogen-bond donors (Lipinski definition) is 2. The van der Waals surface area contributed by atoms with Crippen LogP contribution in [-0.2, 0) is 4.79 Å². The van der Waals surface area contributed by atoms with E-state index in [0.717, 1.165) is 0 Å². The Bertz CT molecular complexity index is 919. The number of amides is 1. The van der Waals surface area contributed by atoms with E-state index >= 15 is 0 Å². The van der Waals surface area contributed by atoms with Crippen molar-refractivity contribution in [1.82, 2.24) is 9.88 Å². The lowest BCUT2D eigenvalue weighted by molar-refractivity contribution is -0.152. The van der Waals surface area contributed by atoms with Gasteiger partial charge in [0.15, 0.2) is 0 Å². The summed E-state index contributed by atoms with van der Waals surface area (Å²) in [6.07, 6.45) is 2.32. The highest BCUT2D eigenvalue weighted by Crippen LogP contribution is 2.36. The number of aromatic nitrogens is 1. The third kappa shape index (κ3) is 3.21. The number of aromatic amines is 1. The van der Waals surface area contributed by atoms with E-state index in [1.165, 1.54) is 29.2 Å². The van der Waals surface area contributed by atoms with Crippen molar-refractivity contribution in [2.45, 2.75) is 32.6 Å². The molecule has 0 spiro atoms. The van der Waals surface area contributed by atoms with Gasteiger partial charge in [-0.1, -0.05) is 13.3 Å². The summed E-state index contributed by atoms with van der Waals surface area (Å²) in [5.74, 6) is -1.80. The molecule has 138 valence electrons. The van der Waals surface area contributed by atoms with Crippen LogP contribution in [0.1, 0.15) is 43.0 Å². The molecule has 2 heterocycles. The minimum atomic E-state index is -0.953. The molecule has 1 saturated heterocycles. The summed E-state index contributed by atoms with van der Waals surface area (Å²) in [6.45, 7) is 2.47. The molecule has 2 N–H and O–H groups in total. The van der Waals surface area contributed by atoms with Crippen molar-refractivity contribution >= 4 is 22.8 Å². The Labute approximate surface area is 149 Å². The van der Waals surface area contributed by atoms with Gasteiger partial charge in [0.25, 0.3) is 5.91 Å². The number of piperidine rings is 1. The molecule has 6 nitrogen and oxygen atoms in total. The molecule has 1 amide bonds. The van der Waals surface area contributed by atoms with Crippen LogP contribution in [-0.4, -0.2) is 40.0 Å². The molecule has 26 heavy (non-hydrogen) atoms. The van der Waals surface area contributed by atoms with E-state index in [4.69, 9.17) is 0 Å². The number of halogens is 1. The molecule has 1 unspecified atom stereocenters. The van der Waals surface area contributed by atoms with Crippen LogP contribution < -0.4 is 5.56 Å². The number of hydrogen-bond acceptors (Lipinski definition) is 3. The summed E-state index contributed by atoms with van der Waals surface area (Å²) in [5, 5.41) is 10.1. The first-order valence-electron chi connectivity index (χ1n) is 8.71. The number of benzene rings is 1. The molecule has 1 aliphatic heterocycles. The van der Waals surface area contributed by atoms with Crippen molar-refractivity contribution < 1.29 is 19.1 Å². The van der Waals surface area contributed by atoms with E-state index in [-0.39, 0.29) is 17.6 Å². The molecule has 0 aliphatic carbocycles. The van der Waals surface area contributed by atoms with Gasteiger partial charge in [-0.05, 0) is 37.5 Å². The number of H-pyrrole nitrogens is 1. The number of aliphatic carboxylic acids is 1. The number of pyridine rings is 1. The first kappa shape index (κ1) is 18.1. The van der Waals surface area contributed by atoms with Gasteiger partial charge in [0.05, 0.1) is 16.5 Å². The molecule has 1 aromatic carbocycles. The lowest BCUT2D eigenvalue weighted by atomic mass is 9.76. The van der Waals surface area contributed by atoms with Crippen molar-refractivity contribution in [3.63, 3.8) is 0 Å². The molecule has 1 aliphatic rings. The summed E-state index contributed by atoms with van der Waals surface area (Å²) < 4.78 is 13.4. The second-order valence-electron chi connectivity index (χ2n) is 6.90. The number of carboxylic acids is 1. The van der Waals surface area contributed by atoms with Gasteiger partial charge in [0, 0.05) is 24.5 Å². The Morgan fingerprint density at radius 2 is 2.12 bits per heavy atom. The largest absolute Gasteiger partial charge is 0.481 e. The molecule has 0 radical (unpaired) electrons. The first-order chi connectivity index (χ1) is 12.4. The van der Waals surface area contributed by atoms with Gasteiger partial charge in [0.1, 0.15) is 5.82 Å². The van der Waals surface area contributed by atoms with Gasteiger partial charge >= 0.3 is 5.97 Å². The Hall–Kier alpha value is -2.70. The lowest BCUT2D eigenvalue weighted by Crippen LogP contribution is -2.50. The number of nitrogens with zero attached hydrogens (tertiary/aromatic N) is 1. The number of carbonyl (C=O) groups excluding carboxylic acids is 1. The summed E-state index contributed by atoms with van der Waals surface area (Å²) in [5.41, 5.74) is -1.04. The summed E-state index contributed by atoms with van der Waals surface area (Å²) in [6, 6.07) is 5.04. The van der Waals surface area contributed by atoms with Crippen LogP contribution in [0.25, 0.3) is 10.9 Å². The highest BCUT2D eigenvalue weighted by Gasteiger charge is 2.43. The molecular formula is C19H21FN2O4. The molecule has 1 fully saturated rings. The van der Waals surface area contributed by atoms with Crippen LogP contribution in [0.2, 0.25) is 0 Å². The first-order valence-corrected chi connectivity index (χ1v) is 8.71. The minimum absolute atomic E-state index is 0.116. The molecule has 3 rings (SSSR count). The minimum Gasteiger partial charge on any atom is -0.481 e. The average molecular weight is 360 g/mol. The number of fused-ring (bicyclic) bond motifs is 1. The monoisotopic (exact) mass is 360 g/mol. The number of likely N-dealkylation sites (tertiary alicyclic amines) is 1. The Balaban J connectivity index is 2.00. The van der Waals surface area contributed by atoms with Gasteiger partial charge in [-0.2, -0.15) is 0 Å². The van der Waals surface area contributed by atoms with Crippen LogP contribution in [0, 0.1) is 11.2 Å². The van der Waals surface area contributed by atoms with Crippen molar-refractivity contribution in [3.8, 4) is 0 Å². The molecule has 7 heteroatoms. The lowest BCUT2D eigenvalue weighted by Gasteiger charge is -2.40. The highest BCUT2D eigenvalue weighted by molar-refractivity contribution is 6.06. The summed E-state index contributed by atoms with van der Waals surface area (Å²) >= 11 is 0. The van der Waals surface area contributed by atoms with Crippen LogP contribution in [0.4, 0.5) is 4.39 Å². The van der Waals surface area contributed by atoms with E-state index in [1.54, 1.807) is 0 Å². The molecule has 1 atom stereocenters. The van der Waals surface area contributed by atoms with E-state index in [2.05, 4.69) is 4.98 Å². The van der Waals surface area contributed by atoms with Gasteiger partial charge in [-0.3, -0.25) is 14.4 Å². The van der Waals surface area contributed by atoms with Crippen LogP contribution in [0.15, 0.2) is 29.1 Å². The normalized spacial score (nSPS) is 20.3. The van der Waals surface area contributed by atoms with Crippen LogP contribution in [0.3, 0.4) is 0 Å². The quantitative estimate of drug-likeness (QED) is 0.877. The third-order valence-corrected chi connectivity index (χ3v) is 5.08. The topological polar surface area (TPSA) is 90.5 Å². The fourth-order valence-electron chi connectivity index (χ4n) is 3.85. The predicted molar refractivity (Wildman–Crippen MR) is 94.6 cm³/mol. The molecule has 1 aromatic heterocycles. The summed E-state index contributed by atoms with van der Waals surface area (Å²) in [7, 11) is 0. The van der Waals surface area contributed by atoms with E-state index < -0.39 is 28.7 Å². The fraction of sp³-hybridized carbons (Fsp3) is 0.421. The molecule has 2 aromatic rings. The number of nitrogens with one attached hydrogen (secondary N) is 1. The predicted octanol–water partition coefficient (Wildman–Crippen LogP) is 2.77. The zero-order valence-electron chi connectivity index (χ0n) is 14.5. The Morgan fingerprint density at radius 1 is 1.35 bits per heavy atom. The zero-order valence-corrected chi connectivity index (χ0v) is 14.5. The summed E-state index contributed by atoms with van der Waals surface area (Å²) in [4.78, 5) is 40.8.